The molecule has 0 atom stereocenters. The summed E-state index contributed by atoms with van der Waals surface area (Å²) in [5.41, 5.74) is 0. The van der Waals surface area contributed by atoms with Crippen molar-refractivity contribution in [3.8, 4) is 0 Å². The van der Waals surface area contributed by atoms with Gasteiger partial charge in [-0.25, -0.2) is 0 Å². The topological polar surface area (TPSA) is 0 Å². The molecular formula is C9H18S. The van der Waals surface area contributed by atoms with Gasteiger partial charge in [0.1, 0.15) is 0 Å². The molecule has 1 aromatic rings. The molecule has 0 N–H and O–H groups in total. The zero-order chi connectivity index (χ0) is 8.24. The van der Waals surface area contributed by atoms with Gasteiger partial charge in [-0.15, -0.1) is 0 Å². The van der Waals surface area contributed by atoms with Crippen LogP contribution in [0.2, 0.25) is 0 Å². The van der Waals surface area contributed by atoms with Gasteiger partial charge in [0.05, 0.1) is 0 Å². The first kappa shape index (κ1) is 12.4. The molecule has 1 rings (SSSR count). The van der Waals surface area contributed by atoms with Crippen molar-refractivity contribution in [1.29, 1.82) is 0 Å². The molecule has 0 bridgehead atoms. The molecule has 10 heavy (non-hydrogen) atoms. The zero-order valence-corrected chi connectivity index (χ0v) is 8.24. The molecule has 0 saturated heterocycles. The van der Waals surface area contributed by atoms with E-state index in [1.54, 1.807) is 11.3 Å². The average molecular weight is 158 g/mol. The highest BCUT2D eigenvalue weighted by Crippen LogP contribution is 1.91. The highest BCUT2D eigenvalue weighted by atomic mass is 32.1. The summed E-state index contributed by atoms with van der Waals surface area (Å²) in [5, 5.41) is 4.08. The average Bonchev–Trinajstić information content (AvgIpc) is 2.48. The summed E-state index contributed by atoms with van der Waals surface area (Å²) in [6.45, 7) is 8.25. The second kappa shape index (κ2) is 15.9. The molecule has 0 radical (unpaired) electrons. The highest BCUT2D eigenvalue weighted by Gasteiger charge is 1.58. The minimum absolute atomic E-state index is 1.25. The van der Waals surface area contributed by atoms with Gasteiger partial charge in [0.2, 0.25) is 0 Å². The van der Waals surface area contributed by atoms with E-state index in [0.29, 0.717) is 0 Å². The van der Waals surface area contributed by atoms with E-state index in [1.165, 1.54) is 6.42 Å². The van der Waals surface area contributed by atoms with Crippen LogP contribution in [0.15, 0.2) is 22.9 Å². The van der Waals surface area contributed by atoms with Crippen molar-refractivity contribution in [3.05, 3.63) is 22.9 Å². The largest absolute Gasteiger partial charge is 0.152 e. The lowest BCUT2D eigenvalue weighted by atomic mass is 10.6. The summed E-state index contributed by atoms with van der Waals surface area (Å²) < 4.78 is 0. The van der Waals surface area contributed by atoms with Crippen LogP contribution < -0.4 is 0 Å². The van der Waals surface area contributed by atoms with E-state index in [0.717, 1.165) is 0 Å². The van der Waals surface area contributed by atoms with Gasteiger partial charge in [-0.2, -0.15) is 11.3 Å². The maximum Gasteiger partial charge on any atom is -0.00934 e. The van der Waals surface area contributed by atoms with Crippen LogP contribution in [0.25, 0.3) is 0 Å². The molecule has 0 aliphatic rings. The van der Waals surface area contributed by atoms with Gasteiger partial charge in [-0.1, -0.05) is 46.2 Å². The minimum Gasteiger partial charge on any atom is -0.152 e. The summed E-state index contributed by atoms with van der Waals surface area (Å²) >= 11 is 1.71. The van der Waals surface area contributed by atoms with Crippen molar-refractivity contribution >= 4 is 11.3 Å². The molecule has 0 fully saturated rings. The summed E-state index contributed by atoms with van der Waals surface area (Å²) in [6.07, 6.45) is 1.25. The minimum atomic E-state index is 1.25. The van der Waals surface area contributed by atoms with Gasteiger partial charge in [0, 0.05) is 0 Å². The second-order valence-electron chi connectivity index (χ2n) is 1.50. The van der Waals surface area contributed by atoms with Crippen LogP contribution in [-0.4, -0.2) is 0 Å². The lowest BCUT2D eigenvalue weighted by molar-refractivity contribution is 1.09. The van der Waals surface area contributed by atoms with E-state index in [2.05, 4.69) is 13.8 Å². The standard InChI is InChI=1S/C4H4S.C3H8.C2H6/c1-2-4-5-3-1;1-3-2;1-2/h1-4H;3H2,1-2H3;1-2H3. The Morgan fingerprint density at radius 1 is 1.00 bits per heavy atom. The van der Waals surface area contributed by atoms with Gasteiger partial charge in [0.25, 0.3) is 0 Å². The summed E-state index contributed by atoms with van der Waals surface area (Å²) in [4.78, 5) is 0. The fraction of sp³-hybridized carbons (Fsp3) is 0.556. The van der Waals surface area contributed by atoms with Crippen molar-refractivity contribution in [2.75, 3.05) is 0 Å². The van der Waals surface area contributed by atoms with E-state index in [1.807, 2.05) is 36.7 Å². The lowest BCUT2D eigenvalue weighted by Gasteiger charge is -1.48. The number of hydrogen-bond donors (Lipinski definition) is 0. The number of thiophene rings is 1. The van der Waals surface area contributed by atoms with Crippen LogP contribution >= 0.6 is 11.3 Å². The Bertz CT molecular complexity index is 71.6. The molecule has 0 amide bonds. The predicted octanol–water partition coefficient (Wildman–Crippen LogP) is 4.19. The maximum atomic E-state index is 2.12. The molecular weight excluding hydrogens is 140 g/mol. The fourth-order valence-corrected chi connectivity index (χ4v) is 0.680. The molecule has 0 spiro atoms. The van der Waals surface area contributed by atoms with Crippen LogP contribution in [0.3, 0.4) is 0 Å². The third kappa shape index (κ3) is 15.6. The molecule has 0 nitrogen and oxygen atoms in total. The van der Waals surface area contributed by atoms with Gasteiger partial charge >= 0.3 is 0 Å². The van der Waals surface area contributed by atoms with Crippen LogP contribution in [0.4, 0.5) is 0 Å². The monoisotopic (exact) mass is 158 g/mol. The Morgan fingerprint density at radius 3 is 1.40 bits per heavy atom. The second-order valence-corrected chi connectivity index (χ2v) is 2.32. The first-order valence-corrected chi connectivity index (χ1v) is 4.83. The summed E-state index contributed by atoms with van der Waals surface area (Å²) in [7, 11) is 0. The third-order valence-electron chi connectivity index (χ3n) is 0.425. The van der Waals surface area contributed by atoms with Crippen LogP contribution in [0.5, 0.6) is 0 Å². The van der Waals surface area contributed by atoms with Crippen LogP contribution in [0, 0.1) is 0 Å². The van der Waals surface area contributed by atoms with E-state index in [-0.39, 0.29) is 0 Å². The zero-order valence-electron chi connectivity index (χ0n) is 7.42. The Hall–Kier alpha value is -0.300. The number of rotatable bonds is 0. The van der Waals surface area contributed by atoms with Gasteiger partial charge in [0.15, 0.2) is 0 Å². The smallest absolute Gasteiger partial charge is 0.00934 e. The molecule has 0 aliphatic carbocycles. The number of hydrogen-bond acceptors (Lipinski definition) is 1. The van der Waals surface area contributed by atoms with Gasteiger partial charge < -0.3 is 0 Å². The van der Waals surface area contributed by atoms with Gasteiger partial charge in [-0.3, -0.25) is 0 Å². The molecule has 1 heteroatoms. The molecule has 1 aromatic heterocycles. The van der Waals surface area contributed by atoms with E-state index >= 15 is 0 Å². The third-order valence-corrected chi connectivity index (χ3v) is 1.05. The van der Waals surface area contributed by atoms with E-state index in [9.17, 15) is 0 Å². The molecule has 0 aliphatic heterocycles. The Balaban J connectivity index is 0. The highest BCUT2D eigenvalue weighted by molar-refractivity contribution is 7.07. The van der Waals surface area contributed by atoms with E-state index < -0.39 is 0 Å². The van der Waals surface area contributed by atoms with Crippen molar-refractivity contribution in [1.82, 2.24) is 0 Å². The van der Waals surface area contributed by atoms with Crippen LogP contribution in [0.1, 0.15) is 34.1 Å². The first-order chi connectivity index (χ1) is 4.91. The van der Waals surface area contributed by atoms with E-state index in [4.69, 9.17) is 0 Å². The van der Waals surface area contributed by atoms with Crippen LogP contribution in [-0.2, 0) is 0 Å². The normalized spacial score (nSPS) is 6.40. The van der Waals surface area contributed by atoms with Gasteiger partial charge in [-0.05, 0) is 10.8 Å². The van der Waals surface area contributed by atoms with Crippen molar-refractivity contribution in [3.63, 3.8) is 0 Å². The Labute approximate surface area is 68.9 Å². The molecule has 0 unspecified atom stereocenters. The molecule has 0 aromatic carbocycles. The van der Waals surface area contributed by atoms with Crippen molar-refractivity contribution in [2.24, 2.45) is 0 Å². The first-order valence-electron chi connectivity index (χ1n) is 3.89. The van der Waals surface area contributed by atoms with Crippen molar-refractivity contribution < 1.29 is 0 Å². The summed E-state index contributed by atoms with van der Waals surface area (Å²) in [5.74, 6) is 0. The Kier molecular flexibility index (Phi) is 19.7. The summed E-state index contributed by atoms with van der Waals surface area (Å²) in [6, 6.07) is 4.04. The van der Waals surface area contributed by atoms with Crippen molar-refractivity contribution in [2.45, 2.75) is 34.1 Å². The predicted molar refractivity (Wildman–Crippen MR) is 51.6 cm³/mol. The molecule has 60 valence electrons. The lowest BCUT2D eigenvalue weighted by Crippen LogP contribution is -1.27. The quantitative estimate of drug-likeness (QED) is 0.531. The molecule has 1 heterocycles. The Morgan fingerprint density at radius 2 is 1.30 bits per heavy atom. The fourth-order valence-electron chi connectivity index (χ4n) is 0.227. The molecule has 0 saturated carbocycles. The maximum absolute atomic E-state index is 2.12. The SMILES string of the molecule is CC.CCC.c1ccsc1.